The van der Waals surface area contributed by atoms with Crippen molar-refractivity contribution in [1.82, 2.24) is 9.88 Å². The Bertz CT molecular complexity index is 950. The number of carbonyl (C=O) groups excluding carboxylic acids is 2. The molecular weight excluding hydrogens is 417 g/mol. The van der Waals surface area contributed by atoms with Gasteiger partial charge in [-0.15, -0.1) is 0 Å². The fourth-order valence-electron chi connectivity index (χ4n) is 3.80. The first-order chi connectivity index (χ1) is 15.5. The molecule has 2 aliphatic rings. The van der Waals surface area contributed by atoms with Gasteiger partial charge in [0.2, 0.25) is 5.91 Å². The summed E-state index contributed by atoms with van der Waals surface area (Å²) in [5, 5.41) is 0. The number of pyridine rings is 1. The van der Waals surface area contributed by atoms with Crippen LogP contribution in [0.5, 0.6) is 5.75 Å². The van der Waals surface area contributed by atoms with Crippen LogP contribution in [0.2, 0.25) is 0 Å². The summed E-state index contributed by atoms with van der Waals surface area (Å²) in [6, 6.07) is 8.15. The number of anilines is 1. The molecule has 4 rings (SSSR count). The number of benzene rings is 1. The summed E-state index contributed by atoms with van der Waals surface area (Å²) in [6.45, 7) is 3.60. The van der Waals surface area contributed by atoms with E-state index in [0.717, 1.165) is 5.56 Å². The number of nitrogens with zero attached hydrogens (tertiary/aromatic N) is 3. The predicted molar refractivity (Wildman–Crippen MR) is 114 cm³/mol. The van der Waals surface area contributed by atoms with Gasteiger partial charge in [-0.1, -0.05) is 0 Å². The summed E-state index contributed by atoms with van der Waals surface area (Å²) >= 11 is 0. The van der Waals surface area contributed by atoms with E-state index in [0.29, 0.717) is 44.8 Å². The van der Waals surface area contributed by atoms with Crippen LogP contribution in [0.3, 0.4) is 0 Å². The van der Waals surface area contributed by atoms with Gasteiger partial charge >= 0.3 is 6.09 Å². The number of hydrogen-bond acceptors (Lipinski definition) is 6. The molecule has 170 valence electrons. The maximum absolute atomic E-state index is 14.6. The van der Waals surface area contributed by atoms with Crippen LogP contribution in [0, 0.1) is 5.82 Å². The van der Waals surface area contributed by atoms with Crippen LogP contribution in [0.15, 0.2) is 42.7 Å². The van der Waals surface area contributed by atoms with E-state index in [9.17, 15) is 14.0 Å². The van der Waals surface area contributed by atoms with Crippen molar-refractivity contribution in [3.63, 3.8) is 0 Å². The lowest BCUT2D eigenvalue weighted by Gasteiger charge is -2.32. The van der Waals surface area contributed by atoms with Crippen molar-refractivity contribution in [2.75, 3.05) is 31.1 Å². The third-order valence-electron chi connectivity index (χ3n) is 5.52. The number of amides is 2. The summed E-state index contributed by atoms with van der Waals surface area (Å²) in [5.41, 5.74) is 1.40. The second-order valence-corrected chi connectivity index (χ2v) is 7.97. The monoisotopic (exact) mass is 443 g/mol. The molecule has 0 saturated carbocycles. The quantitative estimate of drug-likeness (QED) is 0.654. The predicted octanol–water partition coefficient (Wildman–Crippen LogP) is 3.15. The van der Waals surface area contributed by atoms with Crippen LogP contribution in [0.1, 0.15) is 25.3 Å². The maximum atomic E-state index is 14.6. The van der Waals surface area contributed by atoms with Gasteiger partial charge in [0, 0.05) is 44.4 Å². The number of aromatic nitrogens is 1. The number of piperidine rings is 1. The molecular formula is C23H26FN3O5. The normalized spacial score (nSPS) is 19.2. The molecule has 0 aliphatic carbocycles. The minimum absolute atomic E-state index is 0.0154. The van der Waals surface area contributed by atoms with Gasteiger partial charge in [-0.2, -0.15) is 0 Å². The Labute approximate surface area is 185 Å². The van der Waals surface area contributed by atoms with E-state index in [2.05, 4.69) is 4.98 Å². The molecule has 1 aromatic heterocycles. The molecule has 0 bridgehead atoms. The molecule has 2 fully saturated rings. The van der Waals surface area contributed by atoms with Crippen LogP contribution < -0.4 is 9.64 Å². The molecule has 3 heterocycles. The topological polar surface area (TPSA) is 81.2 Å². The molecule has 1 aromatic carbocycles. The van der Waals surface area contributed by atoms with E-state index < -0.39 is 11.9 Å². The van der Waals surface area contributed by atoms with Crippen molar-refractivity contribution in [3.8, 4) is 5.75 Å². The van der Waals surface area contributed by atoms with Crippen molar-refractivity contribution >= 4 is 17.7 Å². The number of rotatable bonds is 7. The molecule has 8 nitrogen and oxygen atoms in total. The largest absolute Gasteiger partial charge is 0.487 e. The highest BCUT2D eigenvalue weighted by atomic mass is 19.1. The van der Waals surface area contributed by atoms with Gasteiger partial charge in [-0.05, 0) is 36.8 Å². The van der Waals surface area contributed by atoms with Crippen LogP contribution in [0.25, 0.3) is 0 Å². The van der Waals surface area contributed by atoms with Gasteiger partial charge in [0.05, 0.1) is 18.8 Å². The molecule has 0 radical (unpaired) electrons. The summed E-state index contributed by atoms with van der Waals surface area (Å²) in [5.74, 6) is -0.461. The number of halogens is 1. The first-order valence-electron chi connectivity index (χ1n) is 10.7. The number of hydrogen-bond donors (Lipinski definition) is 0. The van der Waals surface area contributed by atoms with Crippen molar-refractivity contribution in [2.24, 2.45) is 0 Å². The number of likely N-dealkylation sites (tertiary alicyclic amines) is 1. The lowest BCUT2D eigenvalue weighted by molar-refractivity contribution is -0.138. The zero-order valence-corrected chi connectivity index (χ0v) is 17.9. The van der Waals surface area contributed by atoms with E-state index in [1.165, 1.54) is 17.0 Å². The van der Waals surface area contributed by atoms with Gasteiger partial charge in [-0.25, -0.2) is 9.18 Å². The molecule has 9 heteroatoms. The fourth-order valence-corrected chi connectivity index (χ4v) is 3.80. The minimum atomic E-state index is -0.530. The van der Waals surface area contributed by atoms with E-state index >= 15 is 0 Å². The Morgan fingerprint density at radius 1 is 1.22 bits per heavy atom. The van der Waals surface area contributed by atoms with Crippen molar-refractivity contribution < 1.29 is 28.2 Å². The molecule has 2 saturated heterocycles. The highest BCUT2D eigenvalue weighted by molar-refractivity contribution is 5.89. The van der Waals surface area contributed by atoms with Crippen molar-refractivity contribution in [2.45, 2.75) is 38.6 Å². The molecule has 2 aliphatic heterocycles. The maximum Gasteiger partial charge on any atom is 0.414 e. The van der Waals surface area contributed by atoms with E-state index in [1.54, 1.807) is 30.3 Å². The van der Waals surface area contributed by atoms with Gasteiger partial charge < -0.3 is 19.1 Å². The lowest BCUT2D eigenvalue weighted by atomic mass is 10.1. The average molecular weight is 443 g/mol. The summed E-state index contributed by atoms with van der Waals surface area (Å²) < 4.78 is 31.0. The van der Waals surface area contributed by atoms with Crippen LogP contribution >= 0.6 is 0 Å². The Kier molecular flexibility index (Phi) is 6.84. The number of ether oxygens (including phenoxy) is 3. The first-order valence-corrected chi connectivity index (χ1v) is 10.7. The Balaban J connectivity index is 1.23. The molecule has 0 spiro atoms. The Morgan fingerprint density at radius 2 is 1.97 bits per heavy atom. The summed E-state index contributed by atoms with van der Waals surface area (Å²) in [7, 11) is 0. The second-order valence-electron chi connectivity index (χ2n) is 7.97. The van der Waals surface area contributed by atoms with Gasteiger partial charge in [0.15, 0.2) is 11.6 Å². The van der Waals surface area contributed by atoms with Crippen molar-refractivity contribution in [1.29, 1.82) is 0 Å². The van der Waals surface area contributed by atoms with Crippen LogP contribution in [-0.4, -0.2) is 60.3 Å². The van der Waals surface area contributed by atoms with Gasteiger partial charge in [0.25, 0.3) is 0 Å². The fraction of sp³-hybridized carbons (Fsp3) is 0.435. The van der Waals surface area contributed by atoms with E-state index in [4.69, 9.17) is 14.2 Å². The van der Waals surface area contributed by atoms with E-state index in [1.807, 2.05) is 12.1 Å². The van der Waals surface area contributed by atoms with Gasteiger partial charge in [-0.3, -0.25) is 14.7 Å². The third kappa shape index (κ3) is 5.34. The number of carbonyl (C=O) groups is 2. The molecule has 2 aromatic rings. The minimum Gasteiger partial charge on any atom is -0.487 e. The summed E-state index contributed by atoms with van der Waals surface area (Å²) in [6.07, 6.45) is 3.68. The molecule has 1 unspecified atom stereocenters. The molecule has 32 heavy (non-hydrogen) atoms. The van der Waals surface area contributed by atoms with Crippen LogP contribution in [-0.2, 0) is 20.9 Å². The molecule has 1 atom stereocenters. The smallest absolute Gasteiger partial charge is 0.414 e. The highest BCUT2D eigenvalue weighted by Gasteiger charge is 2.30. The van der Waals surface area contributed by atoms with Crippen LogP contribution in [0.4, 0.5) is 14.9 Å². The molecule has 2 amide bonds. The van der Waals surface area contributed by atoms with E-state index in [-0.39, 0.29) is 30.5 Å². The third-order valence-corrected chi connectivity index (χ3v) is 5.52. The first kappa shape index (κ1) is 22.0. The zero-order chi connectivity index (χ0) is 22.5. The lowest BCUT2D eigenvalue weighted by Crippen LogP contribution is -2.43. The second kappa shape index (κ2) is 9.95. The SMILES string of the molecule is CC1CN(c2ccc(OC3CCN(C(=O)COCc4ccncc4)CC3)c(F)c2)C(=O)O1. The van der Waals surface area contributed by atoms with Crippen molar-refractivity contribution in [3.05, 3.63) is 54.1 Å². The average Bonchev–Trinajstić information content (AvgIpc) is 3.14. The zero-order valence-electron chi connectivity index (χ0n) is 17.9. The molecule has 0 N–H and O–H groups in total. The standard InChI is InChI=1S/C23H26FN3O5/c1-16-13-27(23(29)31-16)18-2-3-21(20(24)12-18)32-19-6-10-26(11-7-19)22(28)15-30-14-17-4-8-25-9-5-17/h2-5,8-9,12,16,19H,6-7,10-11,13-15H2,1H3. The van der Waals surface area contributed by atoms with Gasteiger partial charge in [0.1, 0.15) is 18.8 Å². The Hall–Kier alpha value is -3.20. The summed E-state index contributed by atoms with van der Waals surface area (Å²) in [4.78, 5) is 31.3. The number of cyclic esters (lactones) is 1. The Morgan fingerprint density at radius 3 is 2.62 bits per heavy atom. The highest BCUT2D eigenvalue weighted by Crippen LogP contribution is 2.29.